The van der Waals surface area contributed by atoms with Crippen molar-refractivity contribution in [1.82, 2.24) is 4.72 Å². The van der Waals surface area contributed by atoms with Crippen LogP contribution in [0.15, 0.2) is 47.4 Å². The van der Waals surface area contributed by atoms with Crippen molar-refractivity contribution in [3.8, 4) is 0 Å². The molecule has 0 radical (unpaired) electrons. The molecule has 1 atom stereocenters. The van der Waals surface area contributed by atoms with Gasteiger partial charge in [-0.05, 0) is 36.2 Å². The minimum Gasteiger partial charge on any atom is -0.481 e. The second-order valence-corrected chi connectivity index (χ2v) is 7.94. The summed E-state index contributed by atoms with van der Waals surface area (Å²) in [5.74, 6) is -1.30. The molecular weight excluding hydrogens is 356 g/mol. The van der Waals surface area contributed by atoms with Crippen molar-refractivity contribution in [2.45, 2.75) is 30.7 Å². The zero-order valence-corrected chi connectivity index (χ0v) is 14.8. The average molecular weight is 374 g/mol. The molecule has 1 heterocycles. The van der Waals surface area contributed by atoms with Crippen LogP contribution in [0.2, 0.25) is 0 Å². The largest absolute Gasteiger partial charge is 0.481 e. The molecule has 26 heavy (non-hydrogen) atoms. The lowest BCUT2D eigenvalue weighted by Gasteiger charge is -2.18. The van der Waals surface area contributed by atoms with Crippen LogP contribution in [-0.2, 0) is 26.0 Å². The minimum atomic E-state index is -3.95. The number of anilines is 1. The highest BCUT2D eigenvalue weighted by Gasteiger charge is 2.26. The number of carbonyl (C=O) groups excluding carboxylic acids is 1. The van der Waals surface area contributed by atoms with Gasteiger partial charge in [-0.25, -0.2) is 13.1 Å². The van der Waals surface area contributed by atoms with E-state index in [-0.39, 0.29) is 23.6 Å². The van der Waals surface area contributed by atoms with E-state index in [1.165, 1.54) is 18.2 Å². The molecule has 3 N–H and O–H groups in total. The first kappa shape index (κ1) is 18.1. The number of hydrogen-bond acceptors (Lipinski definition) is 4. The summed E-state index contributed by atoms with van der Waals surface area (Å²) in [6, 6.07) is 10.5. The fraction of sp³-hybridized carbons (Fsp3) is 0.222. The summed E-state index contributed by atoms with van der Waals surface area (Å²) in [4.78, 5) is 22.6. The molecule has 0 fully saturated rings. The Morgan fingerprint density at radius 2 is 1.92 bits per heavy atom. The van der Waals surface area contributed by atoms with Crippen LogP contribution < -0.4 is 10.0 Å². The van der Waals surface area contributed by atoms with Gasteiger partial charge in [0.25, 0.3) is 0 Å². The summed E-state index contributed by atoms with van der Waals surface area (Å²) < 4.78 is 27.9. The molecule has 1 amide bonds. The van der Waals surface area contributed by atoms with Crippen molar-refractivity contribution in [2.75, 3.05) is 5.32 Å². The number of fused-ring (bicyclic) bond motifs is 1. The first-order valence-corrected chi connectivity index (χ1v) is 9.46. The maximum absolute atomic E-state index is 12.7. The van der Waals surface area contributed by atoms with E-state index in [0.717, 1.165) is 5.56 Å². The van der Waals surface area contributed by atoms with Crippen molar-refractivity contribution in [3.05, 3.63) is 59.2 Å². The Bertz CT molecular complexity index is 968. The predicted octanol–water partition coefficient (Wildman–Crippen LogP) is 1.98. The Kier molecular flexibility index (Phi) is 4.80. The summed E-state index contributed by atoms with van der Waals surface area (Å²) in [5.41, 5.74) is 2.75. The van der Waals surface area contributed by atoms with E-state index < -0.39 is 22.0 Å². The molecular formula is C18H18N2O5S. The normalized spacial score (nSPS) is 14.6. The van der Waals surface area contributed by atoms with Crippen LogP contribution in [-0.4, -0.2) is 25.4 Å². The second kappa shape index (κ2) is 6.89. The monoisotopic (exact) mass is 374 g/mol. The van der Waals surface area contributed by atoms with Gasteiger partial charge in [0.2, 0.25) is 15.9 Å². The SMILES string of the molecule is Cc1ccc([C@H](CC(=O)O)NS(=O)(=O)c2ccc3c(c2)CC(=O)N3)cc1. The number of aryl methyl sites for hydroxylation is 1. The van der Waals surface area contributed by atoms with Crippen LogP contribution in [0, 0.1) is 6.92 Å². The third kappa shape index (κ3) is 3.92. The van der Waals surface area contributed by atoms with Gasteiger partial charge in [-0.15, -0.1) is 0 Å². The lowest BCUT2D eigenvalue weighted by molar-refractivity contribution is -0.137. The highest BCUT2D eigenvalue weighted by molar-refractivity contribution is 7.89. The number of nitrogens with one attached hydrogen (secondary N) is 2. The molecule has 0 aromatic heterocycles. The van der Waals surface area contributed by atoms with E-state index in [0.29, 0.717) is 16.8 Å². The van der Waals surface area contributed by atoms with Crippen molar-refractivity contribution in [1.29, 1.82) is 0 Å². The lowest BCUT2D eigenvalue weighted by Crippen LogP contribution is -2.30. The summed E-state index contributed by atoms with van der Waals surface area (Å²) in [5, 5.41) is 11.8. The molecule has 0 bridgehead atoms. The molecule has 1 aliphatic heterocycles. The molecule has 2 aromatic rings. The number of benzene rings is 2. The molecule has 7 nitrogen and oxygen atoms in total. The van der Waals surface area contributed by atoms with Crippen LogP contribution in [0.25, 0.3) is 0 Å². The van der Waals surface area contributed by atoms with Gasteiger partial charge in [-0.1, -0.05) is 29.8 Å². The van der Waals surface area contributed by atoms with Gasteiger partial charge in [0.15, 0.2) is 0 Å². The first-order chi connectivity index (χ1) is 12.2. The molecule has 0 saturated heterocycles. The summed E-state index contributed by atoms with van der Waals surface area (Å²) in [6.45, 7) is 1.89. The van der Waals surface area contributed by atoms with Crippen molar-refractivity contribution in [3.63, 3.8) is 0 Å². The first-order valence-electron chi connectivity index (χ1n) is 7.98. The molecule has 0 saturated carbocycles. The van der Waals surface area contributed by atoms with Crippen LogP contribution in [0.4, 0.5) is 5.69 Å². The highest BCUT2D eigenvalue weighted by atomic mass is 32.2. The number of aliphatic carboxylic acids is 1. The van der Waals surface area contributed by atoms with Crippen LogP contribution in [0.3, 0.4) is 0 Å². The number of sulfonamides is 1. The fourth-order valence-electron chi connectivity index (χ4n) is 2.83. The van der Waals surface area contributed by atoms with Crippen LogP contribution in [0.5, 0.6) is 0 Å². The van der Waals surface area contributed by atoms with Gasteiger partial charge < -0.3 is 10.4 Å². The second-order valence-electron chi connectivity index (χ2n) is 6.23. The van der Waals surface area contributed by atoms with Gasteiger partial charge in [0.05, 0.1) is 23.8 Å². The van der Waals surface area contributed by atoms with Crippen molar-refractivity contribution >= 4 is 27.6 Å². The quantitative estimate of drug-likeness (QED) is 0.716. The summed E-state index contributed by atoms with van der Waals surface area (Å²) in [7, 11) is -3.95. The molecule has 0 unspecified atom stereocenters. The van der Waals surface area contributed by atoms with Gasteiger partial charge in [0.1, 0.15) is 0 Å². The number of rotatable bonds is 6. The molecule has 0 aliphatic carbocycles. The maximum atomic E-state index is 12.7. The van der Waals surface area contributed by atoms with E-state index in [1.807, 2.05) is 6.92 Å². The molecule has 8 heteroatoms. The smallest absolute Gasteiger partial charge is 0.305 e. The molecule has 0 spiro atoms. The third-order valence-electron chi connectivity index (χ3n) is 4.17. The van der Waals surface area contributed by atoms with Crippen LogP contribution >= 0.6 is 0 Å². The Balaban J connectivity index is 1.90. The van der Waals surface area contributed by atoms with Gasteiger partial charge >= 0.3 is 5.97 Å². The number of hydrogen-bond donors (Lipinski definition) is 3. The molecule has 136 valence electrons. The topological polar surface area (TPSA) is 113 Å². The lowest BCUT2D eigenvalue weighted by atomic mass is 10.0. The highest BCUT2D eigenvalue weighted by Crippen LogP contribution is 2.27. The summed E-state index contributed by atoms with van der Waals surface area (Å²) in [6.07, 6.45) is -0.261. The van der Waals surface area contributed by atoms with Gasteiger partial charge in [0, 0.05) is 5.69 Å². The maximum Gasteiger partial charge on any atom is 0.305 e. The number of carboxylic acids is 1. The number of carbonyl (C=O) groups is 2. The Labute approximate surface area is 151 Å². The van der Waals surface area contributed by atoms with E-state index in [2.05, 4.69) is 10.0 Å². The summed E-state index contributed by atoms with van der Waals surface area (Å²) >= 11 is 0. The van der Waals surface area contributed by atoms with E-state index >= 15 is 0 Å². The van der Waals surface area contributed by atoms with Gasteiger partial charge in [-0.2, -0.15) is 0 Å². The molecule has 1 aliphatic rings. The zero-order valence-electron chi connectivity index (χ0n) is 14.0. The fourth-order valence-corrected chi connectivity index (χ4v) is 4.10. The standard InChI is InChI=1S/C18H18N2O5S/c1-11-2-4-12(5-3-11)16(10-18(22)23)20-26(24,25)14-6-7-15-13(8-14)9-17(21)19-15/h2-8,16,20H,9-10H2,1H3,(H,19,21)(H,22,23)/t16-/m0/s1. The molecule has 2 aromatic carbocycles. The third-order valence-corrected chi connectivity index (χ3v) is 5.64. The van der Waals surface area contributed by atoms with E-state index in [1.54, 1.807) is 24.3 Å². The Morgan fingerprint density at radius 1 is 1.23 bits per heavy atom. The van der Waals surface area contributed by atoms with Crippen molar-refractivity contribution in [2.24, 2.45) is 0 Å². The van der Waals surface area contributed by atoms with E-state index in [9.17, 15) is 18.0 Å². The van der Waals surface area contributed by atoms with Gasteiger partial charge in [-0.3, -0.25) is 9.59 Å². The van der Waals surface area contributed by atoms with E-state index in [4.69, 9.17) is 5.11 Å². The average Bonchev–Trinajstić information content (AvgIpc) is 2.93. The van der Waals surface area contributed by atoms with Crippen LogP contribution in [0.1, 0.15) is 29.2 Å². The zero-order chi connectivity index (χ0) is 18.9. The van der Waals surface area contributed by atoms with Crippen molar-refractivity contribution < 1.29 is 23.1 Å². The Hall–Kier alpha value is -2.71. The Morgan fingerprint density at radius 3 is 2.58 bits per heavy atom. The molecule has 3 rings (SSSR count). The number of carboxylic acid groups (broad SMARTS) is 1. The predicted molar refractivity (Wildman–Crippen MR) is 95.3 cm³/mol. The number of amides is 1. The minimum absolute atomic E-state index is 0.00440.